The quantitative estimate of drug-likeness (QED) is 0.830. The van der Waals surface area contributed by atoms with Gasteiger partial charge in [0, 0.05) is 50.2 Å². The van der Waals surface area contributed by atoms with E-state index in [0.717, 1.165) is 30.9 Å². The Balaban J connectivity index is 1.71. The molecule has 2 aromatic rings. The number of sulfonamides is 1. The van der Waals surface area contributed by atoms with Crippen LogP contribution in [-0.4, -0.2) is 52.2 Å². The van der Waals surface area contributed by atoms with Crippen LogP contribution >= 0.6 is 0 Å². The van der Waals surface area contributed by atoms with E-state index in [1.807, 2.05) is 21.6 Å². The van der Waals surface area contributed by atoms with Crippen LogP contribution in [0.15, 0.2) is 24.7 Å². The molecule has 0 aromatic carbocycles. The van der Waals surface area contributed by atoms with Crippen molar-refractivity contribution in [2.45, 2.75) is 39.0 Å². The van der Waals surface area contributed by atoms with Gasteiger partial charge in [0.25, 0.3) is 0 Å². The molecule has 0 saturated heterocycles. The summed E-state index contributed by atoms with van der Waals surface area (Å²) in [6.45, 7) is 6.86. The maximum Gasteiger partial charge on any atom is 0.208 e. The van der Waals surface area contributed by atoms with Crippen LogP contribution in [0, 0.1) is 0 Å². The first-order chi connectivity index (χ1) is 11.3. The molecule has 3 rings (SSSR count). The van der Waals surface area contributed by atoms with E-state index in [1.54, 1.807) is 6.20 Å². The van der Waals surface area contributed by atoms with Crippen LogP contribution in [0.5, 0.6) is 0 Å². The molecule has 0 radical (unpaired) electrons. The van der Waals surface area contributed by atoms with E-state index < -0.39 is 10.0 Å². The van der Waals surface area contributed by atoms with E-state index >= 15 is 0 Å². The first kappa shape index (κ1) is 17.1. The van der Waals surface area contributed by atoms with E-state index in [4.69, 9.17) is 0 Å². The number of nitrogens with one attached hydrogen (secondary N) is 1. The second-order valence-electron chi connectivity index (χ2n) is 6.63. The van der Waals surface area contributed by atoms with Crippen LogP contribution in [0.2, 0.25) is 0 Å². The minimum Gasteiger partial charge on any atom is -0.291 e. The number of nitrogens with zero attached hydrogens (tertiary/aromatic N) is 5. The topological polar surface area (TPSA) is 85.0 Å². The van der Waals surface area contributed by atoms with Crippen molar-refractivity contribution in [1.29, 1.82) is 0 Å². The fraction of sp³-hybridized carbons (Fsp3) is 0.600. The summed E-state index contributed by atoms with van der Waals surface area (Å²) in [6, 6.07) is 2.31. The van der Waals surface area contributed by atoms with Crippen molar-refractivity contribution in [2.24, 2.45) is 0 Å². The number of hydrogen-bond acceptors (Lipinski definition) is 5. The van der Waals surface area contributed by atoms with E-state index in [1.165, 1.54) is 6.26 Å². The van der Waals surface area contributed by atoms with Crippen molar-refractivity contribution in [3.63, 3.8) is 0 Å². The fourth-order valence-electron chi connectivity index (χ4n) is 2.98. The Hall–Kier alpha value is -1.71. The first-order valence-corrected chi connectivity index (χ1v) is 9.93. The molecule has 0 bridgehead atoms. The van der Waals surface area contributed by atoms with Crippen LogP contribution in [-0.2, 0) is 23.1 Å². The van der Waals surface area contributed by atoms with Crippen molar-refractivity contribution < 1.29 is 8.42 Å². The molecule has 1 unspecified atom stereocenters. The summed E-state index contributed by atoms with van der Waals surface area (Å²) in [5.74, 6) is 0. The van der Waals surface area contributed by atoms with Crippen LogP contribution in [0.3, 0.4) is 0 Å². The summed E-state index contributed by atoms with van der Waals surface area (Å²) in [5, 5.41) is 8.73. The smallest absolute Gasteiger partial charge is 0.208 e. The highest BCUT2D eigenvalue weighted by atomic mass is 32.2. The lowest BCUT2D eigenvalue weighted by Crippen LogP contribution is -2.42. The van der Waals surface area contributed by atoms with Crippen molar-refractivity contribution in [1.82, 2.24) is 29.2 Å². The molecule has 0 spiro atoms. The highest BCUT2D eigenvalue weighted by Crippen LogP contribution is 2.22. The Labute approximate surface area is 142 Å². The molecular formula is C15H24N6O2S. The normalized spacial score (nSPS) is 18.9. The van der Waals surface area contributed by atoms with Gasteiger partial charge < -0.3 is 0 Å². The van der Waals surface area contributed by atoms with Gasteiger partial charge in [-0.15, -0.1) is 0 Å². The average molecular weight is 352 g/mol. The monoisotopic (exact) mass is 352 g/mol. The molecule has 0 fully saturated rings. The van der Waals surface area contributed by atoms with Gasteiger partial charge in [0.05, 0.1) is 24.2 Å². The lowest BCUT2D eigenvalue weighted by molar-refractivity contribution is 0.168. The van der Waals surface area contributed by atoms with Gasteiger partial charge in [-0.1, -0.05) is 0 Å². The van der Waals surface area contributed by atoms with Gasteiger partial charge in [-0.05, 0) is 19.9 Å². The highest BCUT2D eigenvalue weighted by molar-refractivity contribution is 7.88. The number of fused-ring (bicyclic) bond motifs is 1. The molecule has 1 aliphatic rings. The number of rotatable bonds is 6. The minimum atomic E-state index is -3.21. The molecule has 2 aromatic heterocycles. The Morgan fingerprint density at radius 3 is 2.83 bits per heavy atom. The van der Waals surface area contributed by atoms with Gasteiger partial charge in [-0.25, -0.2) is 13.1 Å². The lowest BCUT2D eigenvalue weighted by Gasteiger charge is -2.33. The van der Waals surface area contributed by atoms with Gasteiger partial charge in [-0.3, -0.25) is 14.3 Å². The SMILES string of the molecule is CC(C)n1cc(CN2Cc3ccnn3C(CNS(C)(=O)=O)C2)cn1. The summed E-state index contributed by atoms with van der Waals surface area (Å²) >= 11 is 0. The van der Waals surface area contributed by atoms with Crippen molar-refractivity contribution in [2.75, 3.05) is 19.3 Å². The zero-order valence-corrected chi connectivity index (χ0v) is 15.1. The summed E-state index contributed by atoms with van der Waals surface area (Å²) < 4.78 is 29.3. The largest absolute Gasteiger partial charge is 0.291 e. The standard InChI is InChI=1S/C15H24N6O2S/c1-12(2)20-9-13(6-17-20)8-19-10-14-4-5-16-21(14)15(11-19)7-18-24(3,22)23/h4-6,9,12,15,18H,7-8,10-11H2,1-3H3. The molecule has 24 heavy (non-hydrogen) atoms. The average Bonchev–Trinajstić information content (AvgIpc) is 3.12. The molecule has 1 aliphatic heterocycles. The summed E-state index contributed by atoms with van der Waals surface area (Å²) in [5.41, 5.74) is 2.25. The van der Waals surface area contributed by atoms with E-state index in [9.17, 15) is 8.42 Å². The molecular weight excluding hydrogens is 328 g/mol. The summed E-state index contributed by atoms with van der Waals surface area (Å²) in [6.07, 6.45) is 6.91. The van der Waals surface area contributed by atoms with E-state index in [2.05, 4.69) is 39.9 Å². The summed E-state index contributed by atoms with van der Waals surface area (Å²) in [7, 11) is -3.21. The number of hydrogen-bond donors (Lipinski definition) is 1. The molecule has 9 heteroatoms. The molecule has 0 aliphatic carbocycles. The molecule has 8 nitrogen and oxygen atoms in total. The Morgan fingerprint density at radius 1 is 1.38 bits per heavy atom. The van der Waals surface area contributed by atoms with Crippen LogP contribution in [0.4, 0.5) is 0 Å². The van der Waals surface area contributed by atoms with Gasteiger partial charge >= 0.3 is 0 Å². The van der Waals surface area contributed by atoms with Crippen molar-refractivity contribution in [3.8, 4) is 0 Å². The third kappa shape index (κ3) is 4.03. The minimum absolute atomic E-state index is 0.0152. The zero-order valence-electron chi connectivity index (χ0n) is 14.3. The third-order valence-corrected chi connectivity index (χ3v) is 4.82. The second-order valence-corrected chi connectivity index (χ2v) is 8.47. The zero-order chi connectivity index (χ0) is 17.3. The number of aromatic nitrogens is 4. The Kier molecular flexibility index (Phi) is 4.75. The van der Waals surface area contributed by atoms with Crippen molar-refractivity contribution in [3.05, 3.63) is 35.9 Å². The second kappa shape index (κ2) is 6.66. The van der Waals surface area contributed by atoms with Gasteiger partial charge in [0.2, 0.25) is 10.0 Å². The molecule has 3 heterocycles. The van der Waals surface area contributed by atoms with E-state index in [0.29, 0.717) is 12.6 Å². The highest BCUT2D eigenvalue weighted by Gasteiger charge is 2.26. The van der Waals surface area contributed by atoms with Gasteiger partial charge in [0.1, 0.15) is 0 Å². The van der Waals surface area contributed by atoms with Crippen molar-refractivity contribution >= 4 is 10.0 Å². The summed E-state index contributed by atoms with van der Waals surface area (Å²) in [4.78, 5) is 2.30. The maximum absolute atomic E-state index is 11.4. The maximum atomic E-state index is 11.4. The Bertz CT molecular complexity index is 795. The predicted molar refractivity (Wildman–Crippen MR) is 90.8 cm³/mol. The predicted octanol–water partition coefficient (Wildman–Crippen LogP) is 0.767. The van der Waals surface area contributed by atoms with Gasteiger partial charge in [-0.2, -0.15) is 10.2 Å². The molecule has 0 saturated carbocycles. The fourth-order valence-corrected chi connectivity index (χ4v) is 3.48. The Morgan fingerprint density at radius 2 is 2.17 bits per heavy atom. The third-order valence-electron chi connectivity index (χ3n) is 4.12. The lowest BCUT2D eigenvalue weighted by atomic mass is 10.1. The first-order valence-electron chi connectivity index (χ1n) is 8.04. The van der Waals surface area contributed by atoms with Crippen LogP contribution in [0.1, 0.15) is 37.2 Å². The van der Waals surface area contributed by atoms with Crippen LogP contribution < -0.4 is 4.72 Å². The van der Waals surface area contributed by atoms with E-state index in [-0.39, 0.29) is 6.04 Å². The molecule has 1 atom stereocenters. The van der Waals surface area contributed by atoms with Crippen LogP contribution in [0.25, 0.3) is 0 Å². The molecule has 0 amide bonds. The molecule has 1 N–H and O–H groups in total. The molecule has 132 valence electrons. The van der Waals surface area contributed by atoms with Gasteiger partial charge in [0.15, 0.2) is 0 Å².